The van der Waals surface area contributed by atoms with Gasteiger partial charge >= 0.3 is 0 Å². The topological polar surface area (TPSA) is 52.0 Å². The van der Waals surface area contributed by atoms with Gasteiger partial charge in [0.1, 0.15) is 5.82 Å². The van der Waals surface area contributed by atoms with Crippen LogP contribution < -0.4 is 5.73 Å². The van der Waals surface area contributed by atoms with Crippen molar-refractivity contribution in [1.29, 1.82) is 0 Å². The van der Waals surface area contributed by atoms with Gasteiger partial charge in [0.15, 0.2) is 11.6 Å². The van der Waals surface area contributed by atoms with Gasteiger partial charge in [-0.25, -0.2) is 4.39 Å². The fourth-order valence-electron chi connectivity index (χ4n) is 3.44. The van der Waals surface area contributed by atoms with E-state index >= 15 is 0 Å². The fraction of sp³-hybridized carbons (Fsp3) is 0.438. The zero-order valence-electron chi connectivity index (χ0n) is 12.0. The Kier molecular flexibility index (Phi) is 3.66. The number of hydrogen-bond acceptors (Lipinski definition) is 3. The second-order valence-electron chi connectivity index (χ2n) is 5.71. The largest absolute Gasteiger partial charge is 0.380 e. The number of anilines is 1. The third-order valence-corrected chi connectivity index (χ3v) is 4.97. The summed E-state index contributed by atoms with van der Waals surface area (Å²) in [5.41, 5.74) is 6.68. The summed E-state index contributed by atoms with van der Waals surface area (Å²) in [4.78, 5) is 0. The van der Waals surface area contributed by atoms with E-state index in [0.29, 0.717) is 21.9 Å². The molecule has 5 heteroatoms. The Hall–Kier alpha value is -1.55. The highest BCUT2D eigenvalue weighted by Crippen LogP contribution is 2.49. The van der Waals surface area contributed by atoms with E-state index in [1.165, 1.54) is 6.07 Å². The molecule has 0 radical (unpaired) electrons. The van der Waals surface area contributed by atoms with Crippen LogP contribution in [0.25, 0.3) is 11.1 Å². The third kappa shape index (κ3) is 2.22. The maximum Gasteiger partial charge on any atom is 0.175 e. The first-order valence-corrected chi connectivity index (χ1v) is 7.67. The second kappa shape index (κ2) is 5.34. The lowest BCUT2D eigenvalue weighted by Gasteiger charge is -2.25. The summed E-state index contributed by atoms with van der Waals surface area (Å²) in [5.74, 6) is 0.492. The van der Waals surface area contributed by atoms with Crippen molar-refractivity contribution >= 4 is 17.4 Å². The Morgan fingerprint density at radius 1 is 1.33 bits per heavy atom. The fourth-order valence-corrected chi connectivity index (χ4v) is 3.69. The molecule has 1 aromatic heterocycles. The molecule has 0 amide bonds. The number of nitrogens with zero attached hydrogens (tertiary/aromatic N) is 1. The van der Waals surface area contributed by atoms with Crippen LogP contribution in [-0.2, 0) is 5.41 Å². The van der Waals surface area contributed by atoms with E-state index in [4.69, 9.17) is 21.9 Å². The molecule has 0 bridgehead atoms. The number of aromatic nitrogens is 1. The molecule has 1 aliphatic carbocycles. The van der Waals surface area contributed by atoms with Gasteiger partial charge in [-0.3, -0.25) is 0 Å². The molecule has 1 heterocycles. The molecule has 112 valence electrons. The first-order chi connectivity index (χ1) is 10.1. The summed E-state index contributed by atoms with van der Waals surface area (Å²) in [6, 6.07) is 4.61. The third-order valence-electron chi connectivity index (χ3n) is 4.65. The number of benzene rings is 1. The summed E-state index contributed by atoms with van der Waals surface area (Å²) in [7, 11) is 0. The van der Waals surface area contributed by atoms with Crippen LogP contribution in [-0.4, -0.2) is 5.16 Å². The van der Waals surface area contributed by atoms with Crippen molar-refractivity contribution in [3.63, 3.8) is 0 Å². The van der Waals surface area contributed by atoms with Crippen LogP contribution >= 0.6 is 11.6 Å². The lowest BCUT2D eigenvalue weighted by molar-refractivity contribution is 0.284. The standard InChI is InChI=1S/C16H18ClFN2O/c1-2-16(8-3-4-9-16)14-13(15(19)20-21-14)12-10(17)6-5-7-11(12)18/h5-7H,2-4,8-9H2,1H3,(H2,19,20). The lowest BCUT2D eigenvalue weighted by Crippen LogP contribution is -2.21. The quantitative estimate of drug-likeness (QED) is 0.874. The monoisotopic (exact) mass is 308 g/mol. The van der Waals surface area contributed by atoms with Crippen LogP contribution in [0.4, 0.5) is 10.2 Å². The van der Waals surface area contributed by atoms with Crippen molar-refractivity contribution in [2.24, 2.45) is 0 Å². The highest BCUT2D eigenvalue weighted by molar-refractivity contribution is 6.33. The number of rotatable bonds is 3. The number of halogens is 2. The zero-order chi connectivity index (χ0) is 15.0. The van der Waals surface area contributed by atoms with Crippen molar-refractivity contribution in [3.8, 4) is 11.1 Å². The Morgan fingerprint density at radius 2 is 2.05 bits per heavy atom. The summed E-state index contributed by atoms with van der Waals surface area (Å²) in [5, 5.41) is 4.22. The van der Waals surface area contributed by atoms with E-state index < -0.39 is 5.82 Å². The van der Waals surface area contributed by atoms with E-state index in [9.17, 15) is 4.39 Å². The van der Waals surface area contributed by atoms with Crippen molar-refractivity contribution < 1.29 is 8.91 Å². The summed E-state index contributed by atoms with van der Waals surface area (Å²) in [6.45, 7) is 2.12. The number of hydrogen-bond donors (Lipinski definition) is 1. The van der Waals surface area contributed by atoms with Crippen molar-refractivity contribution in [2.45, 2.75) is 44.4 Å². The molecule has 3 nitrogen and oxygen atoms in total. The van der Waals surface area contributed by atoms with Crippen LogP contribution in [0.3, 0.4) is 0 Å². The number of nitrogen functional groups attached to an aromatic ring is 1. The van der Waals surface area contributed by atoms with Gasteiger partial charge in [-0.2, -0.15) is 0 Å². The van der Waals surface area contributed by atoms with Gasteiger partial charge < -0.3 is 10.3 Å². The predicted molar refractivity (Wildman–Crippen MR) is 81.8 cm³/mol. The molecule has 0 unspecified atom stereocenters. The van der Waals surface area contributed by atoms with E-state index in [1.54, 1.807) is 12.1 Å². The molecule has 1 aromatic carbocycles. The minimum Gasteiger partial charge on any atom is -0.380 e. The summed E-state index contributed by atoms with van der Waals surface area (Å²) < 4.78 is 19.8. The smallest absolute Gasteiger partial charge is 0.175 e. The normalized spacial score (nSPS) is 17.3. The van der Waals surface area contributed by atoms with E-state index in [1.807, 2.05) is 0 Å². The molecule has 3 rings (SSSR count). The van der Waals surface area contributed by atoms with Crippen LogP contribution in [0.1, 0.15) is 44.8 Å². The molecule has 0 atom stereocenters. The highest BCUT2D eigenvalue weighted by Gasteiger charge is 2.41. The predicted octanol–water partition coefficient (Wildman–Crippen LogP) is 4.94. The van der Waals surface area contributed by atoms with Gasteiger partial charge in [0.2, 0.25) is 0 Å². The maximum absolute atomic E-state index is 14.3. The molecular formula is C16H18ClFN2O. The Balaban J connectivity index is 2.23. The molecule has 2 aromatic rings. The van der Waals surface area contributed by atoms with E-state index in [2.05, 4.69) is 12.1 Å². The van der Waals surface area contributed by atoms with Crippen molar-refractivity contribution in [1.82, 2.24) is 5.16 Å². The van der Waals surface area contributed by atoms with E-state index in [0.717, 1.165) is 32.1 Å². The van der Waals surface area contributed by atoms with Crippen LogP contribution in [0.5, 0.6) is 0 Å². The first-order valence-electron chi connectivity index (χ1n) is 7.29. The van der Waals surface area contributed by atoms with E-state index in [-0.39, 0.29) is 11.2 Å². The Bertz CT molecular complexity index is 642. The van der Waals surface area contributed by atoms with Gasteiger partial charge in [0.25, 0.3) is 0 Å². The summed E-state index contributed by atoms with van der Waals surface area (Å²) >= 11 is 6.20. The molecule has 0 aliphatic heterocycles. The van der Waals surface area contributed by atoms with Crippen molar-refractivity contribution in [2.75, 3.05) is 5.73 Å². The zero-order valence-corrected chi connectivity index (χ0v) is 12.7. The molecule has 1 fully saturated rings. The van der Waals surface area contributed by atoms with Gasteiger partial charge in [0.05, 0.1) is 10.6 Å². The van der Waals surface area contributed by atoms with Crippen LogP contribution in [0, 0.1) is 5.82 Å². The second-order valence-corrected chi connectivity index (χ2v) is 6.12. The van der Waals surface area contributed by atoms with Crippen LogP contribution in [0.15, 0.2) is 22.7 Å². The van der Waals surface area contributed by atoms with Gasteiger partial charge in [-0.05, 0) is 31.4 Å². The van der Waals surface area contributed by atoms with Crippen LogP contribution in [0.2, 0.25) is 5.02 Å². The summed E-state index contributed by atoms with van der Waals surface area (Å²) in [6.07, 6.45) is 5.22. The maximum atomic E-state index is 14.3. The Morgan fingerprint density at radius 3 is 2.67 bits per heavy atom. The number of nitrogens with two attached hydrogens (primary N) is 1. The average molecular weight is 309 g/mol. The van der Waals surface area contributed by atoms with Gasteiger partial charge in [-0.1, -0.05) is 42.6 Å². The SMILES string of the molecule is CCC1(c2onc(N)c2-c2c(F)cccc2Cl)CCCC1. The lowest BCUT2D eigenvalue weighted by atomic mass is 9.78. The molecule has 2 N–H and O–H groups in total. The minimum atomic E-state index is -0.400. The highest BCUT2D eigenvalue weighted by atomic mass is 35.5. The molecule has 0 saturated heterocycles. The molecular weight excluding hydrogens is 291 g/mol. The van der Waals surface area contributed by atoms with Gasteiger partial charge in [0, 0.05) is 11.0 Å². The molecule has 1 aliphatic rings. The first kappa shape index (κ1) is 14.4. The van der Waals surface area contributed by atoms with Crippen molar-refractivity contribution in [3.05, 3.63) is 34.8 Å². The molecule has 21 heavy (non-hydrogen) atoms. The average Bonchev–Trinajstić information content (AvgIpc) is 3.07. The minimum absolute atomic E-state index is 0.106. The molecule has 1 saturated carbocycles. The Labute approximate surface area is 128 Å². The molecule has 0 spiro atoms. The van der Waals surface area contributed by atoms with Gasteiger partial charge in [-0.15, -0.1) is 0 Å².